The van der Waals surface area contributed by atoms with Crippen molar-refractivity contribution in [2.75, 3.05) is 5.75 Å². The van der Waals surface area contributed by atoms with Crippen LogP contribution in [0.15, 0.2) is 78.2 Å². The van der Waals surface area contributed by atoms with E-state index in [1.54, 1.807) is 19.3 Å². The highest BCUT2D eigenvalue weighted by molar-refractivity contribution is 7.99. The van der Waals surface area contributed by atoms with E-state index in [-0.39, 0.29) is 11.7 Å². The maximum atomic E-state index is 13.5. The van der Waals surface area contributed by atoms with Gasteiger partial charge in [-0.15, -0.1) is 10.2 Å². The van der Waals surface area contributed by atoms with Crippen LogP contribution in [-0.2, 0) is 4.79 Å². The van der Waals surface area contributed by atoms with Gasteiger partial charge in [0.15, 0.2) is 22.6 Å². The fraction of sp³-hybridized carbons (Fsp3) is 0.130. The van der Waals surface area contributed by atoms with Crippen molar-refractivity contribution in [2.45, 2.75) is 18.1 Å². The number of nitrogens with zero attached hydrogens (tertiary/aromatic N) is 4. The summed E-state index contributed by atoms with van der Waals surface area (Å²) in [6, 6.07) is 16.4. The molecule has 1 amide bonds. The molecule has 2 heterocycles. The molecular weight excluding hydrogens is 432 g/mol. The third-order valence-corrected chi connectivity index (χ3v) is 5.65. The third-order valence-electron chi connectivity index (χ3n) is 4.72. The molecule has 6 nitrogen and oxygen atoms in total. The molecular formula is C23H19F2N5OS. The smallest absolute Gasteiger partial charge is 0.230 e. The van der Waals surface area contributed by atoms with E-state index >= 15 is 0 Å². The quantitative estimate of drug-likeness (QED) is 0.417. The minimum Gasteiger partial charge on any atom is -0.349 e. The number of pyridine rings is 1. The molecule has 1 N–H and O–H groups in total. The number of nitrogens with one attached hydrogen (secondary N) is 1. The van der Waals surface area contributed by atoms with E-state index in [0.717, 1.165) is 23.4 Å². The Kier molecular flexibility index (Phi) is 6.55. The number of aromatic nitrogens is 4. The Bertz CT molecular complexity index is 1220. The lowest BCUT2D eigenvalue weighted by molar-refractivity contribution is -0.119. The first-order valence-electron chi connectivity index (χ1n) is 9.81. The molecule has 0 spiro atoms. The molecule has 9 heteroatoms. The van der Waals surface area contributed by atoms with Crippen molar-refractivity contribution >= 4 is 17.7 Å². The van der Waals surface area contributed by atoms with E-state index in [0.29, 0.717) is 16.5 Å². The van der Waals surface area contributed by atoms with Crippen LogP contribution in [0.4, 0.5) is 8.78 Å². The van der Waals surface area contributed by atoms with Crippen LogP contribution >= 0.6 is 11.8 Å². The van der Waals surface area contributed by atoms with E-state index < -0.39 is 17.7 Å². The van der Waals surface area contributed by atoms with Crippen LogP contribution in [0.1, 0.15) is 18.5 Å². The Hall–Kier alpha value is -3.59. The van der Waals surface area contributed by atoms with E-state index in [2.05, 4.69) is 20.5 Å². The van der Waals surface area contributed by atoms with Crippen LogP contribution in [0, 0.1) is 11.6 Å². The summed E-state index contributed by atoms with van der Waals surface area (Å²) in [5.41, 5.74) is 2.13. The first kappa shape index (κ1) is 21.6. The summed E-state index contributed by atoms with van der Waals surface area (Å²) in [7, 11) is 0. The van der Waals surface area contributed by atoms with Crippen LogP contribution in [0.3, 0.4) is 0 Å². The number of hydrogen-bond acceptors (Lipinski definition) is 5. The summed E-state index contributed by atoms with van der Waals surface area (Å²) in [5, 5.41) is 11.9. The van der Waals surface area contributed by atoms with Gasteiger partial charge in [-0.1, -0.05) is 36.0 Å². The molecule has 0 bridgehead atoms. The maximum Gasteiger partial charge on any atom is 0.230 e. The lowest BCUT2D eigenvalue weighted by Gasteiger charge is -2.15. The van der Waals surface area contributed by atoms with Crippen LogP contribution in [0.25, 0.3) is 17.1 Å². The number of para-hydroxylation sites is 1. The second-order valence-corrected chi connectivity index (χ2v) is 7.91. The van der Waals surface area contributed by atoms with Crippen LogP contribution in [-0.4, -0.2) is 31.4 Å². The molecule has 162 valence electrons. The topological polar surface area (TPSA) is 72.7 Å². The monoisotopic (exact) mass is 451 g/mol. The van der Waals surface area contributed by atoms with Crippen LogP contribution < -0.4 is 5.32 Å². The SMILES string of the molecule is CC(NC(=O)CSc1nnc(-c2cccnc2)n1-c1ccccc1)c1ccc(F)c(F)c1. The first-order chi connectivity index (χ1) is 15.5. The molecule has 0 saturated carbocycles. The first-order valence-corrected chi connectivity index (χ1v) is 10.8. The average Bonchev–Trinajstić information content (AvgIpc) is 3.24. The lowest BCUT2D eigenvalue weighted by Crippen LogP contribution is -2.28. The lowest BCUT2D eigenvalue weighted by atomic mass is 10.1. The number of carbonyl (C=O) groups is 1. The fourth-order valence-corrected chi connectivity index (χ4v) is 3.90. The van der Waals surface area contributed by atoms with Gasteiger partial charge in [0.25, 0.3) is 0 Å². The van der Waals surface area contributed by atoms with Gasteiger partial charge in [0.1, 0.15) is 0 Å². The molecule has 2 aromatic carbocycles. The number of rotatable bonds is 7. The number of benzene rings is 2. The minimum atomic E-state index is -0.947. The van der Waals surface area contributed by atoms with Gasteiger partial charge in [-0.2, -0.15) is 0 Å². The molecule has 4 aromatic rings. The van der Waals surface area contributed by atoms with Gasteiger partial charge in [0.05, 0.1) is 11.8 Å². The maximum absolute atomic E-state index is 13.5. The van der Waals surface area contributed by atoms with Gasteiger partial charge < -0.3 is 5.32 Å². The van der Waals surface area contributed by atoms with E-state index in [1.165, 1.54) is 17.8 Å². The number of carbonyl (C=O) groups excluding carboxylic acids is 1. The second-order valence-electron chi connectivity index (χ2n) is 6.97. The van der Waals surface area contributed by atoms with Gasteiger partial charge in [-0.25, -0.2) is 8.78 Å². The van der Waals surface area contributed by atoms with Crippen LogP contribution in [0.2, 0.25) is 0 Å². The average molecular weight is 452 g/mol. The highest BCUT2D eigenvalue weighted by Gasteiger charge is 2.18. The molecule has 0 fully saturated rings. The van der Waals surface area contributed by atoms with Crippen molar-refractivity contribution < 1.29 is 13.6 Å². The molecule has 0 aliphatic rings. The summed E-state index contributed by atoms with van der Waals surface area (Å²) in [6.45, 7) is 1.71. The van der Waals surface area contributed by atoms with Crippen LogP contribution in [0.5, 0.6) is 0 Å². The van der Waals surface area contributed by atoms with Gasteiger partial charge in [0, 0.05) is 23.6 Å². The number of amides is 1. The number of hydrogen-bond donors (Lipinski definition) is 1. The predicted octanol–water partition coefficient (Wildman–Crippen LogP) is 4.58. The van der Waals surface area contributed by atoms with Gasteiger partial charge in [0.2, 0.25) is 5.91 Å². The Morgan fingerprint density at radius 1 is 1.06 bits per heavy atom. The summed E-state index contributed by atoms with van der Waals surface area (Å²) >= 11 is 1.23. The summed E-state index contributed by atoms with van der Waals surface area (Å²) < 4.78 is 28.5. The van der Waals surface area contributed by atoms with Crippen molar-refractivity contribution in [1.29, 1.82) is 0 Å². The zero-order valence-electron chi connectivity index (χ0n) is 17.1. The number of thioether (sulfide) groups is 1. The fourth-order valence-electron chi connectivity index (χ4n) is 3.13. The Balaban J connectivity index is 1.51. The number of halogens is 2. The molecule has 0 aliphatic carbocycles. The second kappa shape index (κ2) is 9.69. The highest BCUT2D eigenvalue weighted by Crippen LogP contribution is 2.27. The Labute approximate surface area is 187 Å². The molecule has 1 unspecified atom stereocenters. The van der Waals surface area contributed by atoms with Crippen molar-refractivity contribution in [3.05, 3.63) is 90.3 Å². The zero-order valence-corrected chi connectivity index (χ0v) is 17.9. The Morgan fingerprint density at radius 2 is 1.88 bits per heavy atom. The molecule has 0 saturated heterocycles. The Morgan fingerprint density at radius 3 is 2.59 bits per heavy atom. The van der Waals surface area contributed by atoms with Crippen molar-refractivity contribution in [3.8, 4) is 17.1 Å². The molecule has 1 atom stereocenters. The molecule has 32 heavy (non-hydrogen) atoms. The standard InChI is InChI=1S/C23H19F2N5OS/c1-15(16-9-10-19(24)20(25)12-16)27-21(31)14-32-23-29-28-22(17-6-5-11-26-13-17)30(23)18-7-3-2-4-8-18/h2-13,15H,14H2,1H3,(H,27,31). The summed E-state index contributed by atoms with van der Waals surface area (Å²) in [5.74, 6) is -1.45. The van der Waals surface area contributed by atoms with Crippen molar-refractivity contribution in [1.82, 2.24) is 25.1 Å². The predicted molar refractivity (Wildman–Crippen MR) is 118 cm³/mol. The molecule has 4 rings (SSSR count). The van der Waals surface area contributed by atoms with Gasteiger partial charge in [-0.05, 0) is 48.9 Å². The van der Waals surface area contributed by atoms with E-state index in [4.69, 9.17) is 0 Å². The normalized spacial score (nSPS) is 11.8. The van der Waals surface area contributed by atoms with Gasteiger partial charge in [-0.3, -0.25) is 14.3 Å². The summed E-state index contributed by atoms with van der Waals surface area (Å²) in [4.78, 5) is 16.7. The molecule has 0 aliphatic heterocycles. The van der Waals surface area contributed by atoms with E-state index in [9.17, 15) is 13.6 Å². The largest absolute Gasteiger partial charge is 0.349 e. The zero-order chi connectivity index (χ0) is 22.5. The minimum absolute atomic E-state index is 0.0754. The van der Waals surface area contributed by atoms with Gasteiger partial charge >= 0.3 is 0 Å². The molecule has 0 radical (unpaired) electrons. The van der Waals surface area contributed by atoms with E-state index in [1.807, 2.05) is 47.0 Å². The molecule has 2 aromatic heterocycles. The van der Waals surface area contributed by atoms with Crippen molar-refractivity contribution in [3.63, 3.8) is 0 Å². The van der Waals surface area contributed by atoms with Crippen molar-refractivity contribution in [2.24, 2.45) is 0 Å². The summed E-state index contributed by atoms with van der Waals surface area (Å²) in [6.07, 6.45) is 3.38. The highest BCUT2D eigenvalue weighted by atomic mass is 32.2. The third kappa shape index (κ3) is 4.83.